The molecule has 1 heterocycles. The first-order valence-corrected chi connectivity index (χ1v) is 6.21. The molecule has 7 heteroatoms. The molecule has 0 spiro atoms. The molecule has 2 aromatic rings. The summed E-state index contributed by atoms with van der Waals surface area (Å²) in [7, 11) is 0. The molecule has 1 aliphatic heterocycles. The Bertz CT molecular complexity index is 808. The van der Waals surface area contributed by atoms with Crippen LogP contribution in [-0.4, -0.2) is 11.8 Å². The minimum Gasteiger partial charge on any atom is -0.397 e. The second kappa shape index (κ2) is 4.53. The molecule has 2 aromatic carbocycles. The average Bonchev–Trinajstić information content (AvgIpc) is 2.66. The lowest BCUT2D eigenvalue weighted by atomic mass is 10.1. The molecular formula is C14H7ClF2N2O2. The van der Waals surface area contributed by atoms with Gasteiger partial charge in [0.1, 0.15) is 11.6 Å². The molecule has 0 aromatic heterocycles. The predicted octanol–water partition coefficient (Wildman–Crippen LogP) is 3.00. The number of rotatable bonds is 1. The summed E-state index contributed by atoms with van der Waals surface area (Å²) in [5.41, 5.74) is 5.17. The normalized spacial score (nSPS) is 13.8. The van der Waals surface area contributed by atoms with Crippen LogP contribution < -0.4 is 10.6 Å². The van der Waals surface area contributed by atoms with Crippen LogP contribution in [0.2, 0.25) is 5.02 Å². The molecule has 2 N–H and O–H groups in total. The molecule has 0 bridgehead atoms. The fourth-order valence-electron chi connectivity index (χ4n) is 2.16. The average molecular weight is 309 g/mol. The molecule has 0 aliphatic carbocycles. The smallest absolute Gasteiger partial charge is 0.266 e. The number of benzene rings is 2. The molecule has 1 aliphatic rings. The number of fused-ring (bicyclic) bond motifs is 1. The number of carbonyl (C=O) groups is 2. The fraction of sp³-hybridized carbons (Fsp3) is 0. The minimum absolute atomic E-state index is 0.00863. The van der Waals surface area contributed by atoms with Gasteiger partial charge in [0, 0.05) is 0 Å². The Balaban J connectivity index is 2.16. The van der Waals surface area contributed by atoms with Crippen LogP contribution in [0.15, 0.2) is 30.3 Å². The van der Waals surface area contributed by atoms with E-state index in [1.54, 1.807) is 0 Å². The highest BCUT2D eigenvalue weighted by molar-refractivity contribution is 6.35. The van der Waals surface area contributed by atoms with Crippen molar-refractivity contribution in [3.63, 3.8) is 0 Å². The molecule has 0 radical (unpaired) electrons. The Kier molecular flexibility index (Phi) is 2.91. The summed E-state index contributed by atoms with van der Waals surface area (Å²) < 4.78 is 27.2. The van der Waals surface area contributed by atoms with Crippen LogP contribution in [0.3, 0.4) is 0 Å². The number of anilines is 2. The molecule has 3 rings (SSSR count). The Hall–Kier alpha value is -2.47. The lowest BCUT2D eigenvalue weighted by Gasteiger charge is -2.15. The maximum absolute atomic E-state index is 14.0. The lowest BCUT2D eigenvalue weighted by molar-refractivity contribution is 0.0925. The first-order chi connectivity index (χ1) is 9.90. The monoisotopic (exact) mass is 308 g/mol. The van der Waals surface area contributed by atoms with E-state index in [9.17, 15) is 18.4 Å². The van der Waals surface area contributed by atoms with Gasteiger partial charge in [-0.1, -0.05) is 11.6 Å². The largest absolute Gasteiger partial charge is 0.397 e. The van der Waals surface area contributed by atoms with E-state index in [0.29, 0.717) is 4.90 Å². The number of hydrogen-bond acceptors (Lipinski definition) is 3. The van der Waals surface area contributed by atoms with Crippen LogP contribution in [0.4, 0.5) is 20.2 Å². The van der Waals surface area contributed by atoms with Crippen LogP contribution in [0, 0.1) is 11.6 Å². The molecule has 21 heavy (non-hydrogen) atoms. The van der Waals surface area contributed by atoms with Crippen molar-refractivity contribution in [1.82, 2.24) is 0 Å². The number of amides is 2. The van der Waals surface area contributed by atoms with E-state index < -0.39 is 23.4 Å². The van der Waals surface area contributed by atoms with Gasteiger partial charge in [0.05, 0.1) is 27.5 Å². The first kappa shape index (κ1) is 13.5. The zero-order valence-electron chi connectivity index (χ0n) is 10.4. The second-order valence-electron chi connectivity index (χ2n) is 4.46. The van der Waals surface area contributed by atoms with Crippen LogP contribution in [0.25, 0.3) is 0 Å². The minimum atomic E-state index is -0.871. The van der Waals surface area contributed by atoms with Crippen molar-refractivity contribution >= 4 is 34.8 Å². The van der Waals surface area contributed by atoms with E-state index >= 15 is 0 Å². The third-order valence-electron chi connectivity index (χ3n) is 3.16. The van der Waals surface area contributed by atoms with Crippen molar-refractivity contribution in [3.8, 4) is 0 Å². The highest BCUT2D eigenvalue weighted by Gasteiger charge is 2.38. The van der Waals surface area contributed by atoms with Crippen molar-refractivity contribution < 1.29 is 18.4 Å². The van der Waals surface area contributed by atoms with Gasteiger partial charge >= 0.3 is 0 Å². The number of nitrogens with two attached hydrogens (primary N) is 1. The van der Waals surface area contributed by atoms with Gasteiger partial charge in [-0.05, 0) is 30.3 Å². The number of halogens is 3. The van der Waals surface area contributed by atoms with Crippen LogP contribution in [0.1, 0.15) is 20.7 Å². The lowest BCUT2D eigenvalue weighted by Crippen LogP contribution is -2.30. The fourth-order valence-corrected chi connectivity index (χ4v) is 2.31. The van der Waals surface area contributed by atoms with E-state index in [0.717, 1.165) is 24.3 Å². The van der Waals surface area contributed by atoms with E-state index in [-0.39, 0.29) is 27.5 Å². The summed E-state index contributed by atoms with van der Waals surface area (Å²) in [4.78, 5) is 25.0. The summed E-state index contributed by atoms with van der Waals surface area (Å²) in [6.07, 6.45) is 0. The summed E-state index contributed by atoms with van der Waals surface area (Å²) in [5, 5.41) is -0.0288. The van der Waals surface area contributed by atoms with Crippen LogP contribution in [0.5, 0.6) is 0 Å². The Morgan fingerprint density at radius 3 is 2.38 bits per heavy atom. The van der Waals surface area contributed by atoms with Crippen LogP contribution in [-0.2, 0) is 0 Å². The van der Waals surface area contributed by atoms with E-state index in [2.05, 4.69) is 0 Å². The summed E-state index contributed by atoms with van der Waals surface area (Å²) >= 11 is 5.67. The van der Waals surface area contributed by atoms with Crippen molar-refractivity contribution in [3.05, 3.63) is 58.1 Å². The van der Waals surface area contributed by atoms with Gasteiger partial charge in [-0.25, -0.2) is 13.7 Å². The van der Waals surface area contributed by atoms with E-state index in [1.165, 1.54) is 6.07 Å². The third kappa shape index (κ3) is 1.95. The molecule has 0 saturated carbocycles. The maximum Gasteiger partial charge on any atom is 0.266 e. The van der Waals surface area contributed by atoms with Crippen molar-refractivity contribution in [2.24, 2.45) is 0 Å². The number of hydrogen-bond donors (Lipinski definition) is 1. The van der Waals surface area contributed by atoms with Gasteiger partial charge in [0.15, 0.2) is 0 Å². The Labute approximate surface area is 122 Å². The first-order valence-electron chi connectivity index (χ1n) is 5.83. The summed E-state index contributed by atoms with van der Waals surface area (Å²) in [5.74, 6) is -3.08. The maximum atomic E-state index is 14.0. The Morgan fingerprint density at radius 2 is 1.67 bits per heavy atom. The van der Waals surface area contributed by atoms with Gasteiger partial charge < -0.3 is 5.73 Å². The zero-order chi connectivity index (χ0) is 15.3. The number of nitrogens with zero attached hydrogens (tertiary/aromatic N) is 1. The number of nitrogen functional groups attached to an aromatic ring is 1. The molecule has 0 fully saturated rings. The third-order valence-corrected chi connectivity index (χ3v) is 3.48. The molecular weight excluding hydrogens is 302 g/mol. The SMILES string of the molecule is Nc1cc(N2C(=O)c3ccc(F)cc3C2=O)c(F)cc1Cl. The quantitative estimate of drug-likeness (QED) is 0.650. The van der Waals surface area contributed by atoms with Gasteiger partial charge in [-0.3, -0.25) is 9.59 Å². The highest BCUT2D eigenvalue weighted by Crippen LogP contribution is 2.34. The van der Waals surface area contributed by atoms with Gasteiger partial charge in [-0.2, -0.15) is 0 Å². The van der Waals surface area contributed by atoms with Gasteiger partial charge in [0.25, 0.3) is 11.8 Å². The topological polar surface area (TPSA) is 63.4 Å². The Morgan fingerprint density at radius 1 is 1.00 bits per heavy atom. The van der Waals surface area contributed by atoms with Crippen LogP contribution >= 0.6 is 11.6 Å². The molecule has 106 valence electrons. The van der Waals surface area contributed by atoms with Crippen molar-refractivity contribution in [2.75, 3.05) is 10.6 Å². The molecule has 0 atom stereocenters. The van der Waals surface area contributed by atoms with E-state index in [4.69, 9.17) is 17.3 Å². The summed E-state index contributed by atoms with van der Waals surface area (Å²) in [6.45, 7) is 0. The van der Waals surface area contributed by atoms with Crippen molar-refractivity contribution in [2.45, 2.75) is 0 Å². The number of imide groups is 1. The highest BCUT2D eigenvalue weighted by atomic mass is 35.5. The van der Waals surface area contributed by atoms with Gasteiger partial charge in [-0.15, -0.1) is 0 Å². The molecule has 4 nitrogen and oxygen atoms in total. The predicted molar refractivity (Wildman–Crippen MR) is 73.4 cm³/mol. The van der Waals surface area contributed by atoms with Gasteiger partial charge in [0.2, 0.25) is 0 Å². The standard InChI is InChI=1S/C14H7ClF2N2O2/c15-9-4-10(17)12(5-11(9)18)19-13(20)7-2-1-6(16)3-8(7)14(19)21/h1-5H,18H2. The second-order valence-corrected chi connectivity index (χ2v) is 4.87. The molecule has 2 amide bonds. The van der Waals surface area contributed by atoms with E-state index in [1.807, 2.05) is 0 Å². The van der Waals surface area contributed by atoms with Crippen molar-refractivity contribution in [1.29, 1.82) is 0 Å². The molecule has 0 unspecified atom stereocenters. The molecule has 0 saturated heterocycles. The zero-order valence-corrected chi connectivity index (χ0v) is 11.1. The number of carbonyl (C=O) groups excluding carboxylic acids is 2. The summed E-state index contributed by atoms with van der Waals surface area (Å²) in [6, 6.07) is 5.18.